The van der Waals surface area contributed by atoms with Gasteiger partial charge in [0, 0.05) is 19.6 Å². The Balaban J connectivity index is 2.06. The summed E-state index contributed by atoms with van der Waals surface area (Å²) in [6.45, 7) is 0.900. The number of esters is 1. The summed E-state index contributed by atoms with van der Waals surface area (Å²) in [5.41, 5.74) is 6.10. The van der Waals surface area contributed by atoms with Gasteiger partial charge in [-0.1, -0.05) is 30.3 Å². The second-order valence-corrected chi connectivity index (χ2v) is 5.51. The minimum atomic E-state index is -0.985. The fraction of sp³-hybridized carbons (Fsp3) is 0.500. The first-order valence-electron chi connectivity index (χ1n) is 7.34. The minimum Gasteiger partial charge on any atom is -0.467 e. The number of hydrogen-bond donors (Lipinski definition) is 2. The molecule has 0 spiro atoms. The van der Waals surface area contributed by atoms with Crippen LogP contribution in [-0.2, 0) is 25.5 Å². The van der Waals surface area contributed by atoms with Crippen LogP contribution >= 0.6 is 0 Å². The van der Waals surface area contributed by atoms with Gasteiger partial charge in [0.15, 0.2) is 0 Å². The van der Waals surface area contributed by atoms with Gasteiger partial charge in [0.2, 0.25) is 5.91 Å². The van der Waals surface area contributed by atoms with E-state index in [9.17, 15) is 9.59 Å². The van der Waals surface area contributed by atoms with Gasteiger partial charge in [0.05, 0.1) is 12.6 Å². The molecule has 0 aliphatic carbocycles. The van der Waals surface area contributed by atoms with Gasteiger partial charge in [0.1, 0.15) is 6.04 Å². The predicted octanol–water partition coefficient (Wildman–Crippen LogP) is 0.395. The Hall–Kier alpha value is -1.92. The van der Waals surface area contributed by atoms with E-state index in [0.717, 1.165) is 5.56 Å². The first-order chi connectivity index (χ1) is 10.5. The van der Waals surface area contributed by atoms with Crippen molar-refractivity contribution >= 4 is 11.9 Å². The maximum atomic E-state index is 12.4. The Morgan fingerprint density at radius 1 is 1.32 bits per heavy atom. The van der Waals surface area contributed by atoms with E-state index in [1.807, 2.05) is 30.3 Å². The molecule has 1 unspecified atom stereocenters. The van der Waals surface area contributed by atoms with E-state index in [4.69, 9.17) is 15.2 Å². The Morgan fingerprint density at radius 3 is 2.55 bits per heavy atom. The maximum absolute atomic E-state index is 12.4. The molecule has 0 bridgehead atoms. The quantitative estimate of drug-likeness (QED) is 0.768. The van der Waals surface area contributed by atoms with Gasteiger partial charge in [-0.05, 0) is 18.4 Å². The Bertz CT molecular complexity index is 512. The zero-order valence-electron chi connectivity index (χ0n) is 12.7. The van der Waals surface area contributed by atoms with Crippen molar-refractivity contribution in [1.82, 2.24) is 5.32 Å². The number of methoxy groups -OCH3 is 1. The molecule has 1 heterocycles. The second kappa shape index (κ2) is 7.38. The third-order valence-electron chi connectivity index (χ3n) is 3.91. The summed E-state index contributed by atoms with van der Waals surface area (Å²) in [5, 5.41) is 2.73. The zero-order valence-corrected chi connectivity index (χ0v) is 12.7. The molecule has 0 saturated carbocycles. The molecule has 0 aromatic heterocycles. The molecule has 2 rings (SSSR count). The summed E-state index contributed by atoms with van der Waals surface area (Å²) in [5.74, 6) is -0.810. The Kier molecular flexibility index (Phi) is 5.51. The van der Waals surface area contributed by atoms with Crippen molar-refractivity contribution in [3.05, 3.63) is 35.9 Å². The van der Waals surface area contributed by atoms with Crippen LogP contribution in [0, 0.1) is 0 Å². The predicted molar refractivity (Wildman–Crippen MR) is 81.1 cm³/mol. The zero-order chi connectivity index (χ0) is 16.0. The average Bonchev–Trinajstić information content (AvgIpc) is 2.55. The van der Waals surface area contributed by atoms with E-state index >= 15 is 0 Å². The van der Waals surface area contributed by atoms with Crippen LogP contribution in [0.3, 0.4) is 0 Å². The number of nitrogens with two attached hydrogens (primary N) is 1. The summed E-state index contributed by atoms with van der Waals surface area (Å²) >= 11 is 0. The fourth-order valence-electron chi connectivity index (χ4n) is 2.45. The third-order valence-corrected chi connectivity index (χ3v) is 3.91. The lowest BCUT2D eigenvalue weighted by molar-refractivity contribution is -0.146. The monoisotopic (exact) mass is 306 g/mol. The smallest absolute Gasteiger partial charge is 0.328 e. The van der Waals surface area contributed by atoms with Gasteiger partial charge in [0.25, 0.3) is 0 Å². The number of carbonyl (C=O) groups excluding carboxylic acids is 2. The van der Waals surface area contributed by atoms with Crippen LogP contribution in [0.1, 0.15) is 18.4 Å². The molecule has 6 nitrogen and oxygen atoms in total. The van der Waals surface area contributed by atoms with Gasteiger partial charge in [-0.25, -0.2) is 4.79 Å². The van der Waals surface area contributed by atoms with Crippen molar-refractivity contribution in [3.8, 4) is 0 Å². The normalized spacial score (nSPS) is 18.3. The lowest BCUT2D eigenvalue weighted by Gasteiger charge is -2.33. The van der Waals surface area contributed by atoms with Gasteiger partial charge < -0.3 is 20.5 Å². The van der Waals surface area contributed by atoms with Crippen LogP contribution in [-0.4, -0.2) is 43.8 Å². The molecule has 1 atom stereocenters. The minimum absolute atomic E-state index is 0.331. The van der Waals surface area contributed by atoms with Crippen molar-refractivity contribution < 1.29 is 19.1 Å². The number of amides is 1. The molecular weight excluding hydrogens is 284 g/mol. The summed E-state index contributed by atoms with van der Waals surface area (Å²) in [7, 11) is 1.30. The number of benzene rings is 1. The van der Waals surface area contributed by atoms with Crippen LogP contribution < -0.4 is 11.1 Å². The standard InChI is InChI=1S/C16H22N2O4/c1-21-14(19)13(11-12-5-3-2-4-6-12)18-15(20)16(17)7-9-22-10-8-16/h2-6,13H,7-11,17H2,1H3,(H,18,20). The van der Waals surface area contributed by atoms with Gasteiger partial charge in [-0.2, -0.15) is 0 Å². The van der Waals surface area contributed by atoms with Crippen molar-refractivity contribution in [3.63, 3.8) is 0 Å². The van der Waals surface area contributed by atoms with E-state index in [1.54, 1.807) is 0 Å². The van der Waals surface area contributed by atoms with E-state index in [1.165, 1.54) is 7.11 Å². The molecule has 1 saturated heterocycles. The molecule has 3 N–H and O–H groups in total. The lowest BCUT2D eigenvalue weighted by atomic mass is 9.90. The molecule has 120 valence electrons. The Labute approximate surface area is 130 Å². The van der Waals surface area contributed by atoms with Crippen LogP contribution in [0.4, 0.5) is 0 Å². The third kappa shape index (κ3) is 4.05. The molecule has 22 heavy (non-hydrogen) atoms. The van der Waals surface area contributed by atoms with Gasteiger partial charge in [-0.3, -0.25) is 4.79 Å². The number of hydrogen-bond acceptors (Lipinski definition) is 5. The highest BCUT2D eigenvalue weighted by atomic mass is 16.5. The van der Waals surface area contributed by atoms with Gasteiger partial charge in [-0.15, -0.1) is 0 Å². The highest BCUT2D eigenvalue weighted by molar-refractivity contribution is 5.90. The summed E-state index contributed by atoms with van der Waals surface area (Å²) in [6.07, 6.45) is 1.25. The van der Waals surface area contributed by atoms with Crippen molar-refractivity contribution in [2.24, 2.45) is 5.73 Å². The van der Waals surface area contributed by atoms with Gasteiger partial charge >= 0.3 is 5.97 Å². The molecule has 1 aromatic rings. The fourth-order valence-corrected chi connectivity index (χ4v) is 2.45. The van der Waals surface area contributed by atoms with Crippen molar-refractivity contribution in [2.45, 2.75) is 30.8 Å². The highest BCUT2D eigenvalue weighted by Gasteiger charge is 2.38. The molecule has 0 radical (unpaired) electrons. The lowest BCUT2D eigenvalue weighted by Crippen LogP contribution is -2.60. The van der Waals surface area contributed by atoms with E-state index in [0.29, 0.717) is 32.5 Å². The molecule has 1 aliphatic heterocycles. The maximum Gasteiger partial charge on any atom is 0.328 e. The second-order valence-electron chi connectivity index (χ2n) is 5.51. The molecule has 1 fully saturated rings. The molecule has 1 aromatic carbocycles. The van der Waals surface area contributed by atoms with Crippen LogP contribution in [0.5, 0.6) is 0 Å². The van der Waals surface area contributed by atoms with E-state index < -0.39 is 17.6 Å². The Morgan fingerprint density at radius 2 is 1.95 bits per heavy atom. The summed E-state index contributed by atoms with van der Waals surface area (Å²) < 4.78 is 10.0. The average molecular weight is 306 g/mol. The largest absolute Gasteiger partial charge is 0.467 e. The van der Waals surface area contributed by atoms with Crippen LogP contribution in [0.25, 0.3) is 0 Å². The number of rotatable bonds is 5. The number of ether oxygens (including phenoxy) is 2. The van der Waals surface area contributed by atoms with E-state index in [-0.39, 0.29) is 5.91 Å². The first-order valence-corrected chi connectivity index (χ1v) is 7.34. The highest BCUT2D eigenvalue weighted by Crippen LogP contribution is 2.18. The van der Waals surface area contributed by atoms with Crippen LogP contribution in [0.15, 0.2) is 30.3 Å². The molecular formula is C16H22N2O4. The molecule has 1 aliphatic rings. The van der Waals surface area contributed by atoms with Crippen molar-refractivity contribution in [2.75, 3.05) is 20.3 Å². The van der Waals surface area contributed by atoms with Crippen LogP contribution in [0.2, 0.25) is 0 Å². The summed E-state index contributed by atoms with van der Waals surface area (Å²) in [6, 6.07) is 8.71. The summed E-state index contributed by atoms with van der Waals surface area (Å²) in [4.78, 5) is 24.4. The SMILES string of the molecule is COC(=O)C(Cc1ccccc1)NC(=O)C1(N)CCOCC1. The number of nitrogens with one attached hydrogen (secondary N) is 1. The van der Waals surface area contributed by atoms with E-state index in [2.05, 4.69) is 5.32 Å². The van der Waals surface area contributed by atoms with Crippen molar-refractivity contribution in [1.29, 1.82) is 0 Å². The molecule has 6 heteroatoms. The topological polar surface area (TPSA) is 90.7 Å². The number of carbonyl (C=O) groups is 2. The molecule has 1 amide bonds. The first kappa shape index (κ1) is 16.5.